The SMILES string of the molecule is Cc1ccncc1CN=C1NC(C(C)C)CS1. The van der Waals surface area contributed by atoms with Crippen LogP contribution >= 0.6 is 11.8 Å². The number of nitrogens with one attached hydrogen (secondary N) is 1. The molecule has 1 aliphatic heterocycles. The van der Waals surface area contributed by atoms with E-state index in [-0.39, 0.29) is 0 Å². The maximum atomic E-state index is 4.62. The van der Waals surface area contributed by atoms with Crippen LogP contribution in [0.25, 0.3) is 0 Å². The molecule has 0 saturated carbocycles. The van der Waals surface area contributed by atoms with E-state index in [0.29, 0.717) is 12.0 Å². The van der Waals surface area contributed by atoms with Crippen molar-refractivity contribution >= 4 is 16.9 Å². The predicted molar refractivity (Wildman–Crippen MR) is 74.3 cm³/mol. The molecule has 0 bridgehead atoms. The highest BCUT2D eigenvalue weighted by Gasteiger charge is 2.22. The minimum atomic E-state index is 0.564. The zero-order chi connectivity index (χ0) is 12.3. The molecule has 3 nitrogen and oxygen atoms in total. The minimum absolute atomic E-state index is 0.564. The van der Waals surface area contributed by atoms with Crippen molar-refractivity contribution in [3.8, 4) is 0 Å². The summed E-state index contributed by atoms with van der Waals surface area (Å²) in [5.74, 6) is 1.79. The highest BCUT2D eigenvalue weighted by atomic mass is 32.2. The summed E-state index contributed by atoms with van der Waals surface area (Å²) in [6.07, 6.45) is 3.72. The van der Waals surface area contributed by atoms with E-state index in [1.165, 1.54) is 11.1 Å². The Balaban J connectivity index is 1.96. The highest BCUT2D eigenvalue weighted by molar-refractivity contribution is 8.14. The molecule has 1 saturated heterocycles. The maximum absolute atomic E-state index is 4.62. The Hall–Kier alpha value is -1.03. The first-order valence-corrected chi connectivity index (χ1v) is 6.98. The number of amidine groups is 1. The van der Waals surface area contributed by atoms with Crippen LogP contribution in [0.4, 0.5) is 0 Å². The van der Waals surface area contributed by atoms with E-state index in [1.807, 2.05) is 30.2 Å². The second-order valence-electron chi connectivity index (χ2n) is 4.73. The van der Waals surface area contributed by atoms with Gasteiger partial charge in [-0.05, 0) is 30.0 Å². The lowest BCUT2D eigenvalue weighted by atomic mass is 10.1. The third kappa shape index (κ3) is 3.22. The summed E-state index contributed by atoms with van der Waals surface area (Å²) in [6, 6.07) is 2.59. The Kier molecular flexibility index (Phi) is 4.05. The molecule has 0 amide bonds. The third-order valence-corrected chi connectivity index (χ3v) is 4.10. The number of hydrogen-bond acceptors (Lipinski definition) is 3. The van der Waals surface area contributed by atoms with Crippen LogP contribution in [-0.2, 0) is 6.54 Å². The second kappa shape index (κ2) is 5.54. The number of rotatable bonds is 3. The summed E-state index contributed by atoms with van der Waals surface area (Å²) in [5.41, 5.74) is 2.46. The Morgan fingerprint density at radius 1 is 1.59 bits per heavy atom. The summed E-state index contributed by atoms with van der Waals surface area (Å²) in [4.78, 5) is 8.75. The van der Waals surface area contributed by atoms with Gasteiger partial charge in [0.1, 0.15) is 0 Å². The van der Waals surface area contributed by atoms with E-state index in [0.717, 1.165) is 17.5 Å². The molecule has 0 aliphatic carbocycles. The second-order valence-corrected chi connectivity index (χ2v) is 5.74. The molecule has 0 spiro atoms. The van der Waals surface area contributed by atoms with Gasteiger partial charge in [0.15, 0.2) is 5.17 Å². The number of thioether (sulfide) groups is 1. The van der Waals surface area contributed by atoms with Crippen molar-refractivity contribution in [3.63, 3.8) is 0 Å². The molecular weight excluding hydrogens is 230 g/mol. The molecule has 0 radical (unpaired) electrons. The molecule has 1 unspecified atom stereocenters. The van der Waals surface area contributed by atoms with Gasteiger partial charge >= 0.3 is 0 Å². The fourth-order valence-electron chi connectivity index (χ4n) is 1.68. The van der Waals surface area contributed by atoms with E-state index in [1.54, 1.807) is 0 Å². The average Bonchev–Trinajstić information content (AvgIpc) is 2.77. The third-order valence-electron chi connectivity index (χ3n) is 3.05. The quantitative estimate of drug-likeness (QED) is 0.894. The Morgan fingerprint density at radius 3 is 3.06 bits per heavy atom. The first kappa shape index (κ1) is 12.4. The Labute approximate surface area is 107 Å². The fourth-order valence-corrected chi connectivity index (χ4v) is 2.88. The van der Waals surface area contributed by atoms with Gasteiger partial charge in [-0.2, -0.15) is 0 Å². The lowest BCUT2D eigenvalue weighted by molar-refractivity contribution is 0.503. The number of nitrogens with zero attached hydrogens (tertiary/aromatic N) is 2. The van der Waals surface area contributed by atoms with Crippen LogP contribution < -0.4 is 5.32 Å². The van der Waals surface area contributed by atoms with Gasteiger partial charge in [-0.1, -0.05) is 25.6 Å². The van der Waals surface area contributed by atoms with E-state index in [4.69, 9.17) is 0 Å². The molecule has 2 heterocycles. The minimum Gasteiger partial charge on any atom is -0.361 e. The summed E-state index contributed by atoms with van der Waals surface area (Å²) in [6.45, 7) is 7.31. The van der Waals surface area contributed by atoms with Crippen molar-refractivity contribution in [3.05, 3.63) is 29.6 Å². The first-order chi connectivity index (χ1) is 8.16. The summed E-state index contributed by atoms with van der Waals surface area (Å²) in [7, 11) is 0. The van der Waals surface area contributed by atoms with Gasteiger partial charge < -0.3 is 5.32 Å². The molecule has 1 aliphatic rings. The van der Waals surface area contributed by atoms with E-state index in [2.05, 4.69) is 36.1 Å². The molecule has 1 N–H and O–H groups in total. The summed E-state index contributed by atoms with van der Waals surface area (Å²) >= 11 is 1.82. The number of aliphatic imine (C=N–C) groups is 1. The lowest BCUT2D eigenvalue weighted by Gasteiger charge is -2.13. The van der Waals surface area contributed by atoms with E-state index in [9.17, 15) is 0 Å². The van der Waals surface area contributed by atoms with Gasteiger partial charge in [0, 0.05) is 24.2 Å². The largest absolute Gasteiger partial charge is 0.361 e. The van der Waals surface area contributed by atoms with E-state index >= 15 is 0 Å². The monoisotopic (exact) mass is 249 g/mol. The maximum Gasteiger partial charge on any atom is 0.157 e. The van der Waals surface area contributed by atoms with Gasteiger partial charge in [0.25, 0.3) is 0 Å². The predicted octanol–water partition coefficient (Wildman–Crippen LogP) is 2.61. The van der Waals surface area contributed by atoms with Gasteiger partial charge in [0.2, 0.25) is 0 Å². The van der Waals surface area contributed by atoms with Gasteiger partial charge in [0.05, 0.1) is 6.54 Å². The van der Waals surface area contributed by atoms with Crippen LogP contribution in [0.5, 0.6) is 0 Å². The van der Waals surface area contributed by atoms with Crippen LogP contribution in [0.15, 0.2) is 23.5 Å². The molecular formula is C13H19N3S. The van der Waals surface area contributed by atoms with Crippen molar-refractivity contribution in [1.82, 2.24) is 10.3 Å². The normalized spacial score (nSPS) is 22.1. The van der Waals surface area contributed by atoms with Crippen molar-refractivity contribution in [1.29, 1.82) is 0 Å². The standard InChI is InChI=1S/C13H19N3S/c1-9(2)12-8-17-13(16-12)15-7-11-6-14-5-4-10(11)3/h4-6,9,12H,7-8H2,1-3H3,(H,15,16). The lowest BCUT2D eigenvalue weighted by Crippen LogP contribution is -2.31. The van der Waals surface area contributed by atoms with Crippen molar-refractivity contribution in [2.75, 3.05) is 5.75 Å². The van der Waals surface area contributed by atoms with Crippen molar-refractivity contribution in [2.45, 2.75) is 33.4 Å². The molecule has 4 heteroatoms. The molecule has 1 aromatic rings. The number of aryl methyl sites for hydroxylation is 1. The van der Waals surface area contributed by atoms with E-state index < -0.39 is 0 Å². The van der Waals surface area contributed by atoms with Crippen LogP contribution in [0.2, 0.25) is 0 Å². The van der Waals surface area contributed by atoms with Gasteiger partial charge in [-0.25, -0.2) is 0 Å². The van der Waals surface area contributed by atoms with Gasteiger partial charge in [-0.3, -0.25) is 9.98 Å². The molecule has 92 valence electrons. The molecule has 17 heavy (non-hydrogen) atoms. The molecule has 2 rings (SSSR count). The molecule has 1 aromatic heterocycles. The fraction of sp³-hybridized carbons (Fsp3) is 0.538. The van der Waals surface area contributed by atoms with Crippen LogP contribution in [-0.4, -0.2) is 21.9 Å². The number of hydrogen-bond donors (Lipinski definition) is 1. The van der Waals surface area contributed by atoms with Gasteiger partial charge in [-0.15, -0.1) is 0 Å². The Morgan fingerprint density at radius 2 is 2.41 bits per heavy atom. The number of aromatic nitrogens is 1. The molecule has 0 aromatic carbocycles. The van der Waals surface area contributed by atoms with Crippen LogP contribution in [0.1, 0.15) is 25.0 Å². The topological polar surface area (TPSA) is 37.3 Å². The smallest absolute Gasteiger partial charge is 0.157 e. The molecule has 1 fully saturated rings. The Bertz CT molecular complexity index is 415. The first-order valence-electron chi connectivity index (χ1n) is 6.00. The highest BCUT2D eigenvalue weighted by Crippen LogP contribution is 2.19. The van der Waals surface area contributed by atoms with Crippen LogP contribution in [0.3, 0.4) is 0 Å². The number of pyridine rings is 1. The average molecular weight is 249 g/mol. The zero-order valence-electron chi connectivity index (χ0n) is 10.6. The summed E-state index contributed by atoms with van der Waals surface area (Å²) in [5, 5.41) is 4.55. The van der Waals surface area contributed by atoms with Crippen molar-refractivity contribution < 1.29 is 0 Å². The van der Waals surface area contributed by atoms with Crippen LogP contribution in [0, 0.1) is 12.8 Å². The zero-order valence-corrected chi connectivity index (χ0v) is 11.4. The summed E-state index contributed by atoms with van der Waals surface area (Å²) < 4.78 is 0. The molecule has 1 atom stereocenters. The van der Waals surface area contributed by atoms with Crippen molar-refractivity contribution in [2.24, 2.45) is 10.9 Å².